The van der Waals surface area contributed by atoms with E-state index in [2.05, 4.69) is 6.07 Å². The van der Waals surface area contributed by atoms with Crippen LogP contribution in [0, 0.1) is 13.8 Å². The molecule has 0 aliphatic carbocycles. The zero-order valence-electron chi connectivity index (χ0n) is 20.3. The second-order valence-corrected chi connectivity index (χ2v) is 11.8. The Labute approximate surface area is 214 Å². The fourth-order valence-electron chi connectivity index (χ4n) is 4.42. The number of carbonyl (C=O) groups is 1. The summed E-state index contributed by atoms with van der Waals surface area (Å²) in [5.41, 5.74) is 3.08. The molecule has 10 heteroatoms. The van der Waals surface area contributed by atoms with Gasteiger partial charge >= 0.3 is 0 Å². The van der Waals surface area contributed by atoms with Crippen molar-refractivity contribution in [2.24, 2.45) is 0 Å². The summed E-state index contributed by atoms with van der Waals surface area (Å²) in [4.78, 5) is 20.4. The Morgan fingerprint density at radius 3 is 2.64 bits per heavy atom. The number of hydrogen-bond donors (Lipinski definition) is 0. The van der Waals surface area contributed by atoms with Gasteiger partial charge in [0.05, 0.1) is 35.0 Å². The minimum Gasteiger partial charge on any atom is -0.497 e. The van der Waals surface area contributed by atoms with Crippen molar-refractivity contribution in [2.45, 2.75) is 44.2 Å². The minimum atomic E-state index is -3.88. The molecule has 3 heterocycles. The lowest BCUT2D eigenvalue weighted by Gasteiger charge is -2.28. The van der Waals surface area contributed by atoms with Gasteiger partial charge in [-0.05, 0) is 86.3 Å². The van der Waals surface area contributed by atoms with Gasteiger partial charge < -0.3 is 9.15 Å². The third kappa shape index (κ3) is 4.52. The number of sulfonamides is 1. The Kier molecular flexibility index (Phi) is 6.59. The van der Waals surface area contributed by atoms with Crippen molar-refractivity contribution < 1.29 is 22.4 Å². The van der Waals surface area contributed by atoms with Gasteiger partial charge in [-0.25, -0.2) is 13.4 Å². The van der Waals surface area contributed by atoms with Crippen molar-refractivity contribution in [1.82, 2.24) is 9.29 Å². The van der Waals surface area contributed by atoms with Gasteiger partial charge in [-0.1, -0.05) is 11.3 Å². The molecule has 0 spiro atoms. The predicted octanol–water partition coefficient (Wildman–Crippen LogP) is 4.90. The number of rotatable bonds is 7. The first-order valence-corrected chi connectivity index (χ1v) is 13.9. The first-order chi connectivity index (χ1) is 17.3. The fraction of sp³-hybridized carbons (Fsp3) is 0.308. The summed E-state index contributed by atoms with van der Waals surface area (Å²) >= 11 is 1.42. The second-order valence-electron chi connectivity index (χ2n) is 8.85. The number of benzene rings is 2. The summed E-state index contributed by atoms with van der Waals surface area (Å²) in [7, 11) is -2.36. The molecule has 1 amide bonds. The number of carbonyl (C=O) groups excluding carboxylic acids is 1. The van der Waals surface area contributed by atoms with Crippen LogP contribution in [0.2, 0.25) is 0 Å². The SMILES string of the molecule is COc1ccc(S(=O)(=O)N2CCCC2C(=O)N(Cc2ccco2)c2nc3cc(C)c(C)cc3s2)cc1. The zero-order chi connectivity index (χ0) is 25.4. The van der Waals surface area contributed by atoms with E-state index >= 15 is 0 Å². The van der Waals surface area contributed by atoms with Crippen LogP contribution in [-0.4, -0.2) is 43.3 Å². The van der Waals surface area contributed by atoms with Crippen molar-refractivity contribution in [3.05, 3.63) is 71.7 Å². The third-order valence-electron chi connectivity index (χ3n) is 6.54. The van der Waals surface area contributed by atoms with Crippen LogP contribution in [0.1, 0.15) is 29.7 Å². The van der Waals surface area contributed by atoms with Crippen LogP contribution in [0.4, 0.5) is 5.13 Å². The Bertz CT molecular complexity index is 1460. The molecule has 1 saturated heterocycles. The average molecular weight is 526 g/mol. The number of nitrogens with zero attached hydrogens (tertiary/aromatic N) is 3. The van der Waals surface area contributed by atoms with Crippen LogP contribution in [0.15, 0.2) is 64.1 Å². The van der Waals surface area contributed by atoms with E-state index in [1.165, 1.54) is 34.9 Å². The largest absolute Gasteiger partial charge is 0.497 e. The molecule has 4 aromatic rings. The van der Waals surface area contributed by atoms with Crippen LogP contribution >= 0.6 is 11.3 Å². The Hall–Kier alpha value is -3.21. The van der Waals surface area contributed by atoms with Gasteiger partial charge in [0.2, 0.25) is 15.9 Å². The molecule has 1 fully saturated rings. The maximum atomic E-state index is 14.0. The summed E-state index contributed by atoms with van der Waals surface area (Å²) in [5.74, 6) is 0.847. The lowest BCUT2D eigenvalue weighted by molar-refractivity contribution is -0.121. The number of aryl methyl sites for hydroxylation is 2. The van der Waals surface area contributed by atoms with Gasteiger partial charge in [0.1, 0.15) is 17.6 Å². The molecule has 1 unspecified atom stereocenters. The van der Waals surface area contributed by atoms with E-state index in [0.717, 1.165) is 21.3 Å². The monoisotopic (exact) mass is 525 g/mol. The van der Waals surface area contributed by atoms with Gasteiger partial charge in [0, 0.05) is 6.54 Å². The summed E-state index contributed by atoms with van der Waals surface area (Å²) in [6.45, 7) is 4.51. The van der Waals surface area contributed by atoms with Crippen LogP contribution in [0.5, 0.6) is 5.75 Å². The standard InChI is InChI=1S/C26H27N3O5S2/c1-17-14-22-24(15-18(17)2)35-26(27-22)28(16-20-6-5-13-34-20)25(30)23-7-4-12-29(23)36(31,32)21-10-8-19(33-3)9-11-21/h5-6,8-11,13-15,23H,4,7,12,16H2,1-3H3. The number of methoxy groups -OCH3 is 1. The second kappa shape index (κ2) is 9.68. The predicted molar refractivity (Wildman–Crippen MR) is 139 cm³/mol. The van der Waals surface area contributed by atoms with Gasteiger partial charge in [0.25, 0.3) is 0 Å². The molecule has 2 aromatic heterocycles. The van der Waals surface area contributed by atoms with Gasteiger partial charge in [-0.2, -0.15) is 4.31 Å². The molecule has 5 rings (SSSR count). The Balaban J connectivity index is 1.51. The van der Waals surface area contributed by atoms with Crippen LogP contribution < -0.4 is 9.64 Å². The van der Waals surface area contributed by atoms with Crippen molar-refractivity contribution in [1.29, 1.82) is 0 Å². The summed E-state index contributed by atoms with van der Waals surface area (Å²) in [6, 6.07) is 13.0. The first-order valence-electron chi connectivity index (χ1n) is 11.7. The number of fused-ring (bicyclic) bond motifs is 1. The van der Waals surface area contributed by atoms with E-state index in [-0.39, 0.29) is 23.9 Å². The molecule has 2 aromatic carbocycles. The summed E-state index contributed by atoms with van der Waals surface area (Å²) in [5, 5.41) is 0.519. The molecule has 0 saturated carbocycles. The minimum absolute atomic E-state index is 0.131. The molecule has 0 bridgehead atoms. The molecular weight excluding hydrogens is 498 g/mol. The number of amides is 1. The number of hydrogen-bond acceptors (Lipinski definition) is 7. The van der Waals surface area contributed by atoms with E-state index < -0.39 is 16.1 Å². The third-order valence-corrected chi connectivity index (χ3v) is 9.50. The first kappa shape index (κ1) is 24.5. The van der Waals surface area contributed by atoms with Crippen LogP contribution in [0.3, 0.4) is 0 Å². The molecule has 8 nitrogen and oxygen atoms in total. The van der Waals surface area contributed by atoms with E-state index in [4.69, 9.17) is 14.1 Å². The van der Waals surface area contributed by atoms with Crippen molar-refractivity contribution in [3.8, 4) is 5.75 Å². The zero-order valence-corrected chi connectivity index (χ0v) is 21.9. The van der Waals surface area contributed by atoms with Crippen molar-refractivity contribution in [2.75, 3.05) is 18.6 Å². The van der Waals surface area contributed by atoms with E-state index in [1.54, 1.807) is 35.4 Å². The molecule has 36 heavy (non-hydrogen) atoms. The number of anilines is 1. The highest BCUT2D eigenvalue weighted by atomic mass is 32.2. The van der Waals surface area contributed by atoms with Gasteiger partial charge in [-0.15, -0.1) is 0 Å². The molecule has 0 radical (unpaired) electrons. The highest BCUT2D eigenvalue weighted by Crippen LogP contribution is 2.35. The van der Waals surface area contributed by atoms with E-state index in [9.17, 15) is 13.2 Å². The van der Waals surface area contributed by atoms with Gasteiger partial charge in [0.15, 0.2) is 5.13 Å². The number of aromatic nitrogens is 1. The Morgan fingerprint density at radius 2 is 1.94 bits per heavy atom. The van der Waals surface area contributed by atoms with Gasteiger partial charge in [-0.3, -0.25) is 9.69 Å². The highest BCUT2D eigenvalue weighted by Gasteiger charge is 2.42. The lowest BCUT2D eigenvalue weighted by atomic mass is 10.1. The van der Waals surface area contributed by atoms with Crippen molar-refractivity contribution in [3.63, 3.8) is 0 Å². The maximum absolute atomic E-state index is 14.0. The maximum Gasteiger partial charge on any atom is 0.247 e. The highest BCUT2D eigenvalue weighted by molar-refractivity contribution is 7.89. The fourth-order valence-corrected chi connectivity index (χ4v) is 7.12. The topological polar surface area (TPSA) is 93.0 Å². The molecule has 1 atom stereocenters. The van der Waals surface area contributed by atoms with Crippen molar-refractivity contribution >= 4 is 42.6 Å². The number of ether oxygens (including phenoxy) is 1. The van der Waals surface area contributed by atoms with Crippen LogP contribution in [0.25, 0.3) is 10.2 Å². The number of thiazole rings is 1. The van der Waals surface area contributed by atoms with E-state index in [0.29, 0.717) is 29.5 Å². The normalized spacial score (nSPS) is 16.5. The quantitative estimate of drug-likeness (QED) is 0.341. The molecule has 0 N–H and O–H groups in total. The summed E-state index contributed by atoms with van der Waals surface area (Å²) < 4.78 is 40.0. The smallest absolute Gasteiger partial charge is 0.247 e. The average Bonchev–Trinajstić information content (AvgIpc) is 3.63. The lowest BCUT2D eigenvalue weighted by Crippen LogP contribution is -2.47. The molecule has 188 valence electrons. The number of furan rings is 1. The molecule has 1 aliphatic rings. The van der Waals surface area contributed by atoms with E-state index in [1.807, 2.05) is 19.9 Å². The summed E-state index contributed by atoms with van der Waals surface area (Å²) in [6.07, 6.45) is 2.59. The Morgan fingerprint density at radius 1 is 1.19 bits per heavy atom. The molecule has 1 aliphatic heterocycles. The molecular formula is C26H27N3O5S2. The van der Waals surface area contributed by atoms with Crippen LogP contribution in [-0.2, 0) is 21.4 Å².